The highest BCUT2D eigenvalue weighted by Crippen LogP contribution is 2.41. The topological polar surface area (TPSA) is 102 Å². The van der Waals surface area contributed by atoms with Crippen LogP contribution in [0.1, 0.15) is 25.3 Å². The van der Waals surface area contributed by atoms with Gasteiger partial charge in [-0.2, -0.15) is 0 Å². The predicted octanol–water partition coefficient (Wildman–Crippen LogP) is 1.62. The maximum absolute atomic E-state index is 12.3. The summed E-state index contributed by atoms with van der Waals surface area (Å²) in [6.45, 7) is 2.31. The van der Waals surface area contributed by atoms with Gasteiger partial charge in [-0.1, -0.05) is 18.5 Å². The number of carbonyl (C=O) groups excluding carboxylic acids is 3. The number of halogens is 1. The third-order valence-electron chi connectivity index (χ3n) is 3.85. The van der Waals surface area contributed by atoms with Crippen LogP contribution in [0.3, 0.4) is 0 Å². The molecule has 7 nitrogen and oxygen atoms in total. The minimum absolute atomic E-state index is 0.223. The molecule has 0 saturated carbocycles. The lowest BCUT2D eigenvalue weighted by Crippen LogP contribution is -2.34. The minimum atomic E-state index is -1.45. The van der Waals surface area contributed by atoms with Gasteiger partial charge in [0.15, 0.2) is 0 Å². The zero-order valence-corrected chi connectivity index (χ0v) is 15.9. The number of ether oxygens (including phenoxy) is 3. The lowest BCUT2D eigenvalue weighted by atomic mass is 9.77. The predicted molar refractivity (Wildman–Crippen MR) is 91.6 cm³/mol. The first kappa shape index (κ1) is 21.5. The van der Waals surface area contributed by atoms with Crippen LogP contribution in [0.2, 0.25) is 5.02 Å². The molecule has 2 atom stereocenters. The minimum Gasteiger partial charge on any atom is -0.875 e. The summed E-state index contributed by atoms with van der Waals surface area (Å²) in [5, 5.41) is 12.5. The third-order valence-corrected chi connectivity index (χ3v) is 4.08. The molecule has 2 unspecified atom stereocenters. The largest absolute Gasteiger partial charge is 0.875 e. The molecule has 0 saturated heterocycles. The van der Waals surface area contributed by atoms with Gasteiger partial charge < -0.3 is 19.3 Å². The Morgan fingerprint density at radius 2 is 1.69 bits per heavy atom. The fraction of sp³-hybridized carbons (Fsp3) is 0.389. The molecule has 1 aromatic rings. The van der Waals surface area contributed by atoms with Gasteiger partial charge in [0.1, 0.15) is 17.5 Å². The number of Topliss-reactive ketones (excluding diaryl/α,β-unsaturated/α-hetero) is 1. The van der Waals surface area contributed by atoms with E-state index in [1.54, 1.807) is 0 Å². The van der Waals surface area contributed by atoms with Crippen molar-refractivity contribution in [2.45, 2.75) is 19.8 Å². The maximum atomic E-state index is 12.3. The van der Waals surface area contributed by atoms with Crippen molar-refractivity contribution in [1.29, 1.82) is 0 Å². The Balaban J connectivity index is 3.86. The van der Waals surface area contributed by atoms with E-state index in [0.717, 1.165) is 21.1 Å². The number of benzene rings is 1. The van der Waals surface area contributed by atoms with E-state index in [4.69, 9.17) is 21.1 Å². The molecule has 0 aliphatic heterocycles. The maximum Gasteiger partial charge on any atom is 0.333 e. The molecule has 0 bridgehead atoms. The molecule has 1 aromatic carbocycles. The van der Waals surface area contributed by atoms with Crippen molar-refractivity contribution in [2.24, 2.45) is 5.92 Å². The Labute approximate surface area is 156 Å². The van der Waals surface area contributed by atoms with Crippen molar-refractivity contribution in [2.75, 3.05) is 21.3 Å². The molecule has 0 aliphatic rings. The lowest BCUT2D eigenvalue weighted by Gasteiger charge is -2.29. The van der Waals surface area contributed by atoms with E-state index in [0.29, 0.717) is 0 Å². The average molecular weight is 384 g/mol. The monoisotopic (exact) mass is 383 g/mol. The van der Waals surface area contributed by atoms with Crippen molar-refractivity contribution in [1.82, 2.24) is 0 Å². The third kappa shape index (κ3) is 4.54. The Hall–Kier alpha value is -2.54. The summed E-state index contributed by atoms with van der Waals surface area (Å²) < 4.78 is 14.7. The zero-order valence-electron chi connectivity index (χ0n) is 15.1. The summed E-state index contributed by atoms with van der Waals surface area (Å²) >= 11 is 6.05. The molecular formula is C18H20ClO7-. The SMILES string of the molecule is COC(=O)/C(=C(\C)[O-])C(c1cc(Cl)ccc1OC)C(C(C)=O)C(=O)OC. The van der Waals surface area contributed by atoms with Crippen LogP contribution in [0.4, 0.5) is 0 Å². The highest BCUT2D eigenvalue weighted by Gasteiger charge is 2.41. The molecule has 26 heavy (non-hydrogen) atoms. The number of carbonyl (C=O) groups is 3. The fourth-order valence-corrected chi connectivity index (χ4v) is 2.89. The Kier molecular flexibility index (Phi) is 7.64. The molecule has 142 valence electrons. The van der Waals surface area contributed by atoms with Crippen LogP contribution in [0.5, 0.6) is 5.75 Å². The van der Waals surface area contributed by atoms with Gasteiger partial charge in [0.2, 0.25) is 0 Å². The second-order valence-corrected chi connectivity index (χ2v) is 5.87. The number of esters is 2. The van der Waals surface area contributed by atoms with Gasteiger partial charge in [-0.3, -0.25) is 9.59 Å². The molecule has 0 heterocycles. The lowest BCUT2D eigenvalue weighted by molar-refractivity contribution is -0.303. The number of methoxy groups -OCH3 is 3. The van der Waals surface area contributed by atoms with Crippen molar-refractivity contribution in [3.05, 3.63) is 40.1 Å². The van der Waals surface area contributed by atoms with E-state index >= 15 is 0 Å². The van der Waals surface area contributed by atoms with Crippen LogP contribution < -0.4 is 9.84 Å². The molecular weight excluding hydrogens is 364 g/mol. The van der Waals surface area contributed by atoms with Crippen LogP contribution in [0, 0.1) is 5.92 Å². The normalized spacial score (nSPS) is 13.9. The van der Waals surface area contributed by atoms with Gasteiger partial charge in [0.05, 0.1) is 21.3 Å². The standard InChI is InChI=1S/C18H21ClO7/c1-9(20)14(17(22)25-4)16(15(10(2)21)18(23)26-5)12-8-11(19)6-7-13(12)24-3/h6-8,14,16,21H,1-5H3/p-1/b15-10+. The van der Waals surface area contributed by atoms with Crippen LogP contribution in [0.25, 0.3) is 0 Å². The van der Waals surface area contributed by atoms with E-state index in [2.05, 4.69) is 4.74 Å². The van der Waals surface area contributed by atoms with Gasteiger partial charge in [-0.15, -0.1) is 5.76 Å². The van der Waals surface area contributed by atoms with Gasteiger partial charge >= 0.3 is 11.9 Å². The van der Waals surface area contributed by atoms with Gasteiger partial charge in [0, 0.05) is 22.1 Å². The van der Waals surface area contributed by atoms with E-state index in [1.807, 2.05) is 0 Å². The van der Waals surface area contributed by atoms with Gasteiger partial charge in [0.25, 0.3) is 0 Å². The second-order valence-electron chi connectivity index (χ2n) is 5.44. The van der Waals surface area contributed by atoms with Crippen molar-refractivity contribution >= 4 is 29.3 Å². The van der Waals surface area contributed by atoms with Crippen LogP contribution in [-0.4, -0.2) is 39.1 Å². The first-order valence-electron chi connectivity index (χ1n) is 7.57. The molecule has 0 fully saturated rings. The molecule has 0 radical (unpaired) electrons. The zero-order chi connectivity index (χ0) is 20.0. The van der Waals surface area contributed by atoms with Gasteiger partial charge in [-0.05, 0) is 25.1 Å². The second kappa shape index (κ2) is 9.24. The van der Waals surface area contributed by atoms with Crippen LogP contribution in [0.15, 0.2) is 29.5 Å². The van der Waals surface area contributed by atoms with E-state index in [9.17, 15) is 19.5 Å². The molecule has 0 spiro atoms. The number of hydrogen-bond donors (Lipinski definition) is 0. The van der Waals surface area contributed by atoms with Crippen molar-refractivity contribution in [3.8, 4) is 5.75 Å². The first-order chi connectivity index (χ1) is 12.2. The fourth-order valence-electron chi connectivity index (χ4n) is 2.71. The first-order valence-corrected chi connectivity index (χ1v) is 7.95. The average Bonchev–Trinajstić information content (AvgIpc) is 2.59. The number of allylic oxidation sites excluding steroid dienone is 1. The summed E-state index contributed by atoms with van der Waals surface area (Å²) in [5.41, 5.74) is -0.153. The number of ketones is 1. The number of rotatable bonds is 7. The molecule has 0 N–H and O–H groups in total. The molecule has 0 amide bonds. The number of hydrogen-bond acceptors (Lipinski definition) is 7. The van der Waals surface area contributed by atoms with Crippen LogP contribution in [-0.2, 0) is 23.9 Å². The quantitative estimate of drug-likeness (QED) is 0.305. The Morgan fingerprint density at radius 1 is 1.08 bits per heavy atom. The Morgan fingerprint density at radius 3 is 2.12 bits per heavy atom. The highest BCUT2D eigenvalue weighted by atomic mass is 35.5. The summed E-state index contributed by atoms with van der Waals surface area (Å²) in [6.07, 6.45) is 0. The summed E-state index contributed by atoms with van der Waals surface area (Å²) in [6, 6.07) is 4.47. The summed E-state index contributed by atoms with van der Waals surface area (Å²) in [5.74, 6) is -5.58. The summed E-state index contributed by atoms with van der Waals surface area (Å²) in [7, 11) is 3.57. The summed E-state index contributed by atoms with van der Waals surface area (Å²) in [4.78, 5) is 36.8. The highest BCUT2D eigenvalue weighted by molar-refractivity contribution is 6.30. The van der Waals surface area contributed by atoms with Gasteiger partial charge in [-0.25, -0.2) is 4.79 Å². The van der Waals surface area contributed by atoms with Crippen LogP contribution >= 0.6 is 11.6 Å². The molecule has 1 rings (SSSR count). The van der Waals surface area contributed by atoms with E-state index in [-0.39, 0.29) is 21.9 Å². The van der Waals surface area contributed by atoms with Crippen molar-refractivity contribution < 1.29 is 33.7 Å². The molecule has 8 heteroatoms. The smallest absolute Gasteiger partial charge is 0.333 e. The van der Waals surface area contributed by atoms with E-state index in [1.165, 1.54) is 32.2 Å². The molecule has 0 aromatic heterocycles. The molecule has 0 aliphatic carbocycles. The van der Waals surface area contributed by atoms with E-state index < -0.39 is 35.3 Å². The Bertz CT molecular complexity index is 735. The van der Waals surface area contributed by atoms with Crippen molar-refractivity contribution in [3.63, 3.8) is 0 Å².